The summed E-state index contributed by atoms with van der Waals surface area (Å²) < 4.78 is 43.6. The Balaban J connectivity index is 1.19. The highest BCUT2D eigenvalue weighted by Gasteiger charge is 2.17. The molecule has 0 aliphatic carbocycles. The van der Waals surface area contributed by atoms with Gasteiger partial charge in [-0.3, -0.25) is 0 Å². The van der Waals surface area contributed by atoms with Crippen molar-refractivity contribution >= 4 is 54.3 Å². The lowest BCUT2D eigenvalue weighted by Crippen LogP contribution is -1.91. The van der Waals surface area contributed by atoms with E-state index in [0.29, 0.717) is 22.3 Å². The molecule has 1 heteroatoms. The van der Waals surface area contributed by atoms with Crippen LogP contribution in [0.25, 0.3) is 98.8 Å². The highest BCUT2D eigenvalue weighted by Crippen LogP contribution is 2.44. The molecule has 0 fully saturated rings. The van der Waals surface area contributed by atoms with E-state index in [2.05, 4.69) is 78.9 Å². The zero-order valence-corrected chi connectivity index (χ0v) is 26.4. The largest absolute Gasteiger partial charge is 0.456 e. The molecule has 0 bridgehead atoms. The second-order valence-electron chi connectivity index (χ2n) is 12.5. The first-order chi connectivity index (χ1) is 26.0. The maximum absolute atomic E-state index is 9.74. The van der Waals surface area contributed by atoms with Crippen LogP contribution in [0.15, 0.2) is 186 Å². The maximum Gasteiger partial charge on any atom is 0.136 e. The third-order valence-corrected chi connectivity index (χ3v) is 9.73. The van der Waals surface area contributed by atoms with Crippen LogP contribution in [0.1, 0.15) is 5.48 Å². The Labute approximate surface area is 289 Å². The molecule has 0 saturated carbocycles. The summed E-state index contributed by atoms with van der Waals surface area (Å²) >= 11 is 0. The number of rotatable bonds is 4. The molecule has 49 heavy (non-hydrogen) atoms. The second kappa shape index (κ2) is 11.1. The monoisotopic (exact) mass is 626 g/mol. The molecule has 0 radical (unpaired) electrons. The molecule has 10 rings (SSSR count). The zero-order valence-electron chi connectivity index (χ0n) is 30.4. The fourth-order valence-electron chi connectivity index (χ4n) is 7.50. The Morgan fingerprint density at radius 1 is 0.367 bits per heavy atom. The predicted octanol–water partition coefficient (Wildman–Crippen LogP) is 13.7. The lowest BCUT2D eigenvalue weighted by molar-refractivity contribution is 0.669. The van der Waals surface area contributed by atoms with Gasteiger partial charge in [-0.25, -0.2) is 0 Å². The van der Waals surface area contributed by atoms with E-state index in [1.807, 2.05) is 78.9 Å². The predicted molar refractivity (Wildman–Crippen MR) is 208 cm³/mol. The molecule has 10 aromatic rings. The molecular formula is C48H30O. The second-order valence-corrected chi connectivity index (χ2v) is 12.5. The van der Waals surface area contributed by atoms with Crippen LogP contribution in [0, 0.1) is 0 Å². The van der Waals surface area contributed by atoms with Gasteiger partial charge in [-0.1, -0.05) is 152 Å². The van der Waals surface area contributed by atoms with Crippen molar-refractivity contribution in [2.45, 2.75) is 0 Å². The van der Waals surface area contributed by atoms with Crippen molar-refractivity contribution in [2.24, 2.45) is 0 Å². The van der Waals surface area contributed by atoms with Gasteiger partial charge in [0.15, 0.2) is 0 Å². The normalized spacial score (nSPS) is 12.8. The van der Waals surface area contributed by atoms with Crippen molar-refractivity contribution < 1.29 is 9.90 Å². The van der Waals surface area contributed by atoms with Crippen LogP contribution in [-0.4, -0.2) is 0 Å². The Morgan fingerprint density at radius 3 is 1.73 bits per heavy atom. The van der Waals surface area contributed by atoms with Gasteiger partial charge in [0.1, 0.15) is 11.2 Å². The smallest absolute Gasteiger partial charge is 0.136 e. The standard InChI is InChI=1S/C48H30O/c1-2-13-32(14-3-1)47-40-19-6-8-21-42(40)48(43-22-9-7-20-41(43)47)36-17-10-16-33(28-36)34-25-27-45-44(29-34)39-26-24-35(30-46(39)49-45)38-23-11-15-31-12-4-5-18-37(31)38/h1-30H/i10D,16D,17D,28D. The summed E-state index contributed by atoms with van der Waals surface area (Å²) in [4.78, 5) is 0. The lowest BCUT2D eigenvalue weighted by Gasteiger charge is -2.18. The molecule has 1 nitrogen and oxygen atoms in total. The van der Waals surface area contributed by atoms with Gasteiger partial charge in [-0.05, 0) is 107 Å². The summed E-state index contributed by atoms with van der Waals surface area (Å²) in [5, 5.41) is 7.95. The van der Waals surface area contributed by atoms with Crippen LogP contribution in [0.5, 0.6) is 0 Å². The topological polar surface area (TPSA) is 13.1 Å². The van der Waals surface area contributed by atoms with Crippen LogP contribution in [-0.2, 0) is 0 Å². The van der Waals surface area contributed by atoms with Gasteiger partial charge >= 0.3 is 0 Å². The fourth-order valence-corrected chi connectivity index (χ4v) is 7.50. The zero-order chi connectivity index (χ0) is 35.8. The Hall–Kier alpha value is -6.44. The van der Waals surface area contributed by atoms with E-state index in [-0.39, 0.29) is 24.2 Å². The molecule has 0 aliphatic heterocycles. The van der Waals surface area contributed by atoms with E-state index in [9.17, 15) is 2.74 Å². The summed E-state index contributed by atoms with van der Waals surface area (Å²) in [5.74, 6) is 0. The van der Waals surface area contributed by atoms with Crippen LogP contribution in [0.4, 0.5) is 0 Å². The average Bonchev–Trinajstić information content (AvgIpc) is 3.57. The van der Waals surface area contributed by atoms with Crippen LogP contribution in [0.3, 0.4) is 0 Å². The van der Waals surface area contributed by atoms with Gasteiger partial charge < -0.3 is 4.42 Å². The Bertz CT molecular complexity index is 3040. The fraction of sp³-hybridized carbons (Fsp3) is 0. The van der Waals surface area contributed by atoms with Crippen LogP contribution < -0.4 is 0 Å². The summed E-state index contributed by atoms with van der Waals surface area (Å²) in [6, 6.07) is 52.8. The maximum atomic E-state index is 9.74. The number of fused-ring (bicyclic) bond motifs is 6. The highest BCUT2D eigenvalue weighted by molar-refractivity contribution is 6.21. The highest BCUT2D eigenvalue weighted by atomic mass is 16.3. The van der Waals surface area contributed by atoms with E-state index in [0.717, 1.165) is 65.7 Å². The first kappa shape index (κ1) is 23.8. The molecular weight excluding hydrogens is 593 g/mol. The third-order valence-electron chi connectivity index (χ3n) is 9.73. The molecule has 0 saturated heterocycles. The molecule has 0 atom stereocenters. The molecule has 0 N–H and O–H groups in total. The molecule has 9 aromatic carbocycles. The van der Waals surface area contributed by atoms with Crippen molar-refractivity contribution in [1.29, 1.82) is 0 Å². The number of hydrogen-bond donors (Lipinski definition) is 0. The minimum atomic E-state index is -0.205. The van der Waals surface area contributed by atoms with E-state index in [1.165, 1.54) is 10.8 Å². The van der Waals surface area contributed by atoms with Crippen LogP contribution in [0.2, 0.25) is 0 Å². The SMILES string of the molecule is [2H]c1c([2H])c(-c2ccc3oc4cc(-c5cccc6ccccc56)ccc4c3c2)c([2H])c(-c2c3ccccc3c(-c3ccccc3)c3ccccc23)c1[2H]. The molecule has 0 spiro atoms. The van der Waals surface area contributed by atoms with Crippen molar-refractivity contribution in [3.05, 3.63) is 182 Å². The van der Waals surface area contributed by atoms with E-state index in [4.69, 9.17) is 7.16 Å². The van der Waals surface area contributed by atoms with Gasteiger partial charge in [0.25, 0.3) is 0 Å². The van der Waals surface area contributed by atoms with Crippen LogP contribution >= 0.6 is 0 Å². The van der Waals surface area contributed by atoms with Gasteiger partial charge in [0.05, 0.1) is 5.48 Å². The van der Waals surface area contributed by atoms with Gasteiger partial charge in [-0.2, -0.15) is 0 Å². The minimum Gasteiger partial charge on any atom is -0.456 e. The van der Waals surface area contributed by atoms with E-state index >= 15 is 0 Å². The van der Waals surface area contributed by atoms with Gasteiger partial charge in [0, 0.05) is 10.8 Å². The molecule has 0 aliphatic rings. The number of furan rings is 1. The van der Waals surface area contributed by atoms with E-state index < -0.39 is 0 Å². The third kappa shape index (κ3) is 4.47. The Morgan fingerprint density at radius 2 is 0.980 bits per heavy atom. The summed E-state index contributed by atoms with van der Waals surface area (Å²) in [6.07, 6.45) is 0. The Kier molecular flexibility index (Phi) is 5.38. The lowest BCUT2D eigenvalue weighted by atomic mass is 9.85. The molecule has 1 aromatic heterocycles. The minimum absolute atomic E-state index is 0.0594. The number of benzene rings is 9. The number of hydrogen-bond acceptors (Lipinski definition) is 1. The summed E-state index contributed by atoms with van der Waals surface area (Å²) in [6.45, 7) is 0. The van der Waals surface area contributed by atoms with Gasteiger partial charge in [-0.15, -0.1) is 0 Å². The van der Waals surface area contributed by atoms with Crippen molar-refractivity contribution in [3.8, 4) is 44.5 Å². The van der Waals surface area contributed by atoms with Crippen molar-refractivity contribution in [1.82, 2.24) is 0 Å². The molecule has 0 amide bonds. The van der Waals surface area contributed by atoms with Crippen molar-refractivity contribution in [2.75, 3.05) is 0 Å². The first-order valence-electron chi connectivity index (χ1n) is 18.5. The molecule has 0 unspecified atom stereocenters. The summed E-state index contributed by atoms with van der Waals surface area (Å²) in [5.41, 5.74) is 7.85. The van der Waals surface area contributed by atoms with Crippen molar-refractivity contribution in [3.63, 3.8) is 0 Å². The van der Waals surface area contributed by atoms with Gasteiger partial charge in [0.2, 0.25) is 0 Å². The molecule has 1 heterocycles. The molecule has 228 valence electrons. The summed E-state index contributed by atoms with van der Waals surface area (Å²) in [7, 11) is 0. The quantitative estimate of drug-likeness (QED) is 0.177. The average molecular weight is 627 g/mol. The first-order valence-corrected chi connectivity index (χ1v) is 16.5. The van der Waals surface area contributed by atoms with E-state index in [1.54, 1.807) is 0 Å².